The van der Waals surface area contributed by atoms with E-state index in [0.29, 0.717) is 16.3 Å². The number of ketones is 1. The molecule has 0 saturated heterocycles. The lowest BCUT2D eigenvalue weighted by Gasteiger charge is -2.35. The Morgan fingerprint density at radius 2 is 1.92 bits per heavy atom. The summed E-state index contributed by atoms with van der Waals surface area (Å²) in [5.74, 6) is 0.0235. The molecule has 0 fully saturated rings. The second-order valence-corrected chi connectivity index (χ2v) is 8.75. The van der Waals surface area contributed by atoms with Crippen LogP contribution in [0, 0.1) is 0 Å². The zero-order valence-electron chi connectivity index (χ0n) is 13.0. The number of carbonyl (C=O) groups is 2. The van der Waals surface area contributed by atoms with Crippen molar-refractivity contribution in [2.24, 2.45) is 0 Å². The number of rotatable bonds is 3. The van der Waals surface area contributed by atoms with Crippen LogP contribution in [0.5, 0.6) is 0 Å². The third kappa shape index (κ3) is 2.64. The summed E-state index contributed by atoms with van der Waals surface area (Å²) >= 11 is 4.74. The summed E-state index contributed by atoms with van der Waals surface area (Å²) in [6, 6.07) is 9.77. The molecule has 0 aliphatic carbocycles. The van der Waals surface area contributed by atoms with Crippen molar-refractivity contribution in [1.82, 2.24) is 4.90 Å². The van der Waals surface area contributed by atoms with Crippen molar-refractivity contribution in [3.05, 3.63) is 66.2 Å². The molecule has 6 heteroatoms. The molecule has 0 bridgehead atoms. The van der Waals surface area contributed by atoms with Crippen LogP contribution in [0.25, 0.3) is 0 Å². The molecule has 1 aliphatic rings. The quantitative estimate of drug-likeness (QED) is 0.615. The van der Waals surface area contributed by atoms with E-state index in [4.69, 9.17) is 0 Å². The van der Waals surface area contributed by atoms with Gasteiger partial charge in [-0.05, 0) is 53.9 Å². The monoisotopic (exact) mass is 373 g/mol. The highest BCUT2D eigenvalue weighted by Crippen LogP contribution is 2.40. The SMILES string of the molecule is CC(=O)c1ccc(C(=O)N2CCc3sccc3[C@@H]2c2cccs2)s1. The van der Waals surface area contributed by atoms with E-state index in [1.807, 2.05) is 11.0 Å². The number of Topliss-reactive ketones (excluding diaryl/α,β-unsaturated/α-hetero) is 1. The largest absolute Gasteiger partial charge is 0.326 e. The topological polar surface area (TPSA) is 37.4 Å². The lowest BCUT2D eigenvalue weighted by atomic mass is 9.98. The van der Waals surface area contributed by atoms with Gasteiger partial charge < -0.3 is 4.90 Å². The van der Waals surface area contributed by atoms with Gasteiger partial charge in [0.15, 0.2) is 5.78 Å². The summed E-state index contributed by atoms with van der Waals surface area (Å²) in [7, 11) is 0. The third-order valence-electron chi connectivity index (χ3n) is 4.20. The van der Waals surface area contributed by atoms with E-state index in [1.165, 1.54) is 33.6 Å². The Labute approximate surface area is 152 Å². The first-order chi connectivity index (χ1) is 11.6. The van der Waals surface area contributed by atoms with E-state index in [9.17, 15) is 9.59 Å². The highest BCUT2D eigenvalue weighted by Gasteiger charge is 2.34. The maximum absolute atomic E-state index is 13.1. The molecule has 0 spiro atoms. The first kappa shape index (κ1) is 15.7. The van der Waals surface area contributed by atoms with Gasteiger partial charge in [-0.15, -0.1) is 34.0 Å². The third-order valence-corrected chi connectivity index (χ3v) is 7.30. The molecule has 0 N–H and O–H groups in total. The Morgan fingerprint density at radius 3 is 2.62 bits per heavy atom. The summed E-state index contributed by atoms with van der Waals surface area (Å²) in [5.41, 5.74) is 1.24. The molecule has 1 aliphatic heterocycles. The van der Waals surface area contributed by atoms with Gasteiger partial charge >= 0.3 is 0 Å². The average Bonchev–Trinajstić information content (AvgIpc) is 3.33. The standard InChI is InChI=1S/C18H15NO2S3/c1-11(20)13-4-5-16(24-13)18(21)19-8-6-14-12(7-10-23-14)17(19)15-3-2-9-22-15/h2-5,7,9-10,17H,6,8H2,1H3/t17-/m1/s1. The predicted molar refractivity (Wildman–Crippen MR) is 99.5 cm³/mol. The number of fused-ring (bicyclic) bond motifs is 1. The normalized spacial score (nSPS) is 16.9. The Kier molecular flexibility index (Phi) is 4.12. The Morgan fingerprint density at radius 1 is 1.08 bits per heavy atom. The maximum Gasteiger partial charge on any atom is 0.264 e. The molecule has 0 radical (unpaired) electrons. The minimum atomic E-state index is -0.0182. The van der Waals surface area contributed by atoms with Crippen molar-refractivity contribution in [3.63, 3.8) is 0 Å². The number of amides is 1. The van der Waals surface area contributed by atoms with E-state index in [1.54, 1.807) is 34.8 Å². The average molecular weight is 374 g/mol. The van der Waals surface area contributed by atoms with E-state index in [-0.39, 0.29) is 17.7 Å². The van der Waals surface area contributed by atoms with E-state index in [2.05, 4.69) is 22.9 Å². The van der Waals surface area contributed by atoms with Crippen LogP contribution in [0.1, 0.15) is 47.6 Å². The Hall–Kier alpha value is -1.76. The molecule has 0 unspecified atom stereocenters. The van der Waals surface area contributed by atoms with Crippen molar-refractivity contribution in [3.8, 4) is 0 Å². The minimum absolute atomic E-state index is 0.00706. The Bertz CT molecular complexity index is 891. The molecular formula is C18H15NO2S3. The number of hydrogen-bond donors (Lipinski definition) is 0. The molecule has 0 saturated carbocycles. The van der Waals surface area contributed by atoms with Crippen molar-refractivity contribution in [1.29, 1.82) is 0 Å². The van der Waals surface area contributed by atoms with Crippen LogP contribution >= 0.6 is 34.0 Å². The second kappa shape index (κ2) is 6.27. The number of carbonyl (C=O) groups excluding carboxylic acids is 2. The van der Waals surface area contributed by atoms with E-state index >= 15 is 0 Å². The maximum atomic E-state index is 13.1. The number of hydrogen-bond acceptors (Lipinski definition) is 5. The molecule has 3 nitrogen and oxygen atoms in total. The first-order valence-electron chi connectivity index (χ1n) is 7.66. The van der Waals surface area contributed by atoms with Gasteiger partial charge in [0.2, 0.25) is 0 Å². The number of nitrogens with zero attached hydrogens (tertiary/aromatic N) is 1. The molecule has 1 amide bonds. The summed E-state index contributed by atoms with van der Waals surface area (Å²) in [5, 5.41) is 4.16. The second-order valence-electron chi connectivity index (χ2n) is 5.69. The molecule has 4 rings (SSSR count). The molecule has 1 atom stereocenters. The molecule has 0 aromatic carbocycles. The highest BCUT2D eigenvalue weighted by atomic mass is 32.1. The van der Waals surface area contributed by atoms with Crippen LogP contribution in [0.3, 0.4) is 0 Å². The summed E-state index contributed by atoms with van der Waals surface area (Å²) in [4.78, 5) is 30.4. The van der Waals surface area contributed by atoms with Crippen LogP contribution < -0.4 is 0 Å². The van der Waals surface area contributed by atoms with Crippen LogP contribution in [0.15, 0.2) is 41.1 Å². The minimum Gasteiger partial charge on any atom is -0.326 e. The molecule has 4 heterocycles. The van der Waals surface area contributed by atoms with E-state index in [0.717, 1.165) is 6.42 Å². The first-order valence-corrected chi connectivity index (χ1v) is 10.2. The molecule has 122 valence electrons. The molecule has 24 heavy (non-hydrogen) atoms. The lowest BCUT2D eigenvalue weighted by molar-refractivity contribution is 0.0703. The van der Waals surface area contributed by atoms with Gasteiger partial charge in [0.25, 0.3) is 5.91 Å². The van der Waals surface area contributed by atoms with Gasteiger partial charge in [-0.1, -0.05) is 6.07 Å². The van der Waals surface area contributed by atoms with Gasteiger partial charge in [-0.2, -0.15) is 0 Å². The van der Waals surface area contributed by atoms with Crippen LogP contribution in [0.2, 0.25) is 0 Å². The molecule has 3 aromatic heterocycles. The predicted octanol–water partition coefficient (Wildman–Crippen LogP) is 4.86. The smallest absolute Gasteiger partial charge is 0.264 e. The van der Waals surface area contributed by atoms with Crippen molar-refractivity contribution in [2.75, 3.05) is 6.54 Å². The number of thiophene rings is 3. The highest BCUT2D eigenvalue weighted by molar-refractivity contribution is 7.16. The lowest BCUT2D eigenvalue weighted by Crippen LogP contribution is -2.39. The van der Waals surface area contributed by atoms with Gasteiger partial charge in [0.05, 0.1) is 15.8 Å². The van der Waals surface area contributed by atoms with Crippen LogP contribution in [-0.2, 0) is 6.42 Å². The summed E-state index contributed by atoms with van der Waals surface area (Å²) < 4.78 is 0. The molecule has 3 aromatic rings. The molecular weight excluding hydrogens is 358 g/mol. The van der Waals surface area contributed by atoms with Crippen LogP contribution in [-0.4, -0.2) is 23.1 Å². The van der Waals surface area contributed by atoms with Crippen molar-refractivity contribution >= 4 is 45.7 Å². The van der Waals surface area contributed by atoms with Gasteiger partial charge in [-0.25, -0.2) is 0 Å². The fourth-order valence-corrected chi connectivity index (χ4v) is 5.69. The zero-order valence-corrected chi connectivity index (χ0v) is 15.5. The summed E-state index contributed by atoms with van der Waals surface area (Å²) in [6.45, 7) is 2.25. The van der Waals surface area contributed by atoms with Gasteiger partial charge in [-0.3, -0.25) is 9.59 Å². The van der Waals surface area contributed by atoms with Gasteiger partial charge in [0.1, 0.15) is 0 Å². The fourth-order valence-electron chi connectivity index (χ4n) is 3.07. The van der Waals surface area contributed by atoms with Crippen molar-refractivity contribution in [2.45, 2.75) is 19.4 Å². The fraction of sp³-hybridized carbons (Fsp3) is 0.222. The summed E-state index contributed by atoms with van der Waals surface area (Å²) in [6.07, 6.45) is 0.894. The zero-order chi connectivity index (χ0) is 16.7. The van der Waals surface area contributed by atoms with Crippen LogP contribution in [0.4, 0.5) is 0 Å². The Balaban J connectivity index is 1.73. The van der Waals surface area contributed by atoms with E-state index < -0.39 is 0 Å². The van der Waals surface area contributed by atoms with Gasteiger partial charge in [0, 0.05) is 16.3 Å². The van der Waals surface area contributed by atoms with Crippen molar-refractivity contribution < 1.29 is 9.59 Å².